The maximum Gasteiger partial charge on any atom is 0.333 e. The largest absolute Gasteiger partial charge is 0.376 e. The number of para-hydroxylation sites is 2. The van der Waals surface area contributed by atoms with Crippen LogP contribution in [-0.4, -0.2) is 11.4 Å². The highest BCUT2D eigenvalue weighted by Gasteiger charge is 2.58. The van der Waals surface area contributed by atoms with Gasteiger partial charge in [-0.15, -0.1) is 0 Å². The molecule has 21 rings (SSSR count). The molecule has 3 aliphatic heterocycles. The molecule has 0 unspecified atom stereocenters. The Hall–Kier alpha value is -6.58. The van der Waals surface area contributed by atoms with E-state index in [0.29, 0.717) is 5.41 Å². The topological polar surface area (TPSA) is 8.17 Å². The molecule has 9 aromatic rings. The highest BCUT2D eigenvalue weighted by Crippen LogP contribution is 2.66. The minimum Gasteiger partial charge on any atom is -0.376 e. The fraction of sp³-hybridized carbons (Fsp3) is 0.314. The average Bonchev–Trinajstić information content (AvgIpc) is 4.02. The summed E-state index contributed by atoms with van der Waals surface area (Å²) in [6.07, 6.45) is 17.1. The number of rotatable bonds is 3. The maximum atomic E-state index is 2.90. The number of hydrogen-bond acceptors (Lipinski definition) is 1. The molecule has 8 bridgehead atoms. The van der Waals surface area contributed by atoms with E-state index in [1.165, 1.54) is 188 Å². The summed E-state index contributed by atoms with van der Waals surface area (Å²) >= 11 is 0. The van der Waals surface area contributed by atoms with E-state index in [4.69, 9.17) is 0 Å². The zero-order chi connectivity index (χ0) is 47.3. The molecule has 2 nitrogen and oxygen atoms in total. The molecule has 9 aliphatic carbocycles. The molecule has 0 atom stereocenters. The molecule has 4 heterocycles. The van der Waals surface area contributed by atoms with Crippen molar-refractivity contribution in [2.24, 2.45) is 35.5 Å². The number of aryl methyl sites for hydroxylation is 1. The van der Waals surface area contributed by atoms with E-state index in [0.717, 1.165) is 35.5 Å². The van der Waals surface area contributed by atoms with Gasteiger partial charge < -0.3 is 9.38 Å². The molecule has 8 fully saturated rings. The summed E-state index contributed by atoms with van der Waals surface area (Å²) in [6.45, 7) is 2.30. The molecule has 73 heavy (non-hydrogen) atoms. The van der Waals surface area contributed by atoms with Crippen LogP contribution in [0.2, 0.25) is 0 Å². The molecule has 1 spiro atoms. The van der Waals surface area contributed by atoms with Crippen LogP contribution in [0.3, 0.4) is 0 Å². The molecule has 1 aromatic heterocycles. The lowest BCUT2D eigenvalue weighted by Crippen LogP contribution is -2.62. The van der Waals surface area contributed by atoms with Crippen molar-refractivity contribution >= 4 is 51.0 Å². The van der Waals surface area contributed by atoms with Gasteiger partial charge in [-0.2, -0.15) is 0 Å². The number of hydrogen-bond donors (Lipinski definition) is 0. The summed E-state index contributed by atoms with van der Waals surface area (Å²) in [5.41, 5.74) is 28.4. The zero-order valence-corrected chi connectivity index (χ0v) is 41.9. The van der Waals surface area contributed by atoms with Crippen LogP contribution >= 0.6 is 0 Å². The van der Waals surface area contributed by atoms with Crippen LogP contribution in [0.5, 0.6) is 0 Å². The third kappa shape index (κ3) is 4.79. The van der Waals surface area contributed by atoms with Crippen molar-refractivity contribution in [1.29, 1.82) is 0 Å². The van der Waals surface area contributed by atoms with Crippen LogP contribution in [-0.2, 0) is 16.2 Å². The second-order valence-electron chi connectivity index (χ2n) is 26.0. The molecule has 12 aliphatic rings. The highest BCUT2D eigenvalue weighted by atomic mass is 15.1. The van der Waals surface area contributed by atoms with E-state index in [9.17, 15) is 0 Å². The fourth-order valence-electron chi connectivity index (χ4n) is 20.7. The van der Waals surface area contributed by atoms with E-state index in [2.05, 4.69) is 174 Å². The second-order valence-corrected chi connectivity index (χ2v) is 26.0. The Morgan fingerprint density at radius 3 is 1.64 bits per heavy atom. The molecular formula is C70H59BN2. The van der Waals surface area contributed by atoms with Gasteiger partial charge in [0.2, 0.25) is 0 Å². The molecule has 0 amide bonds. The van der Waals surface area contributed by atoms with Gasteiger partial charge in [-0.1, -0.05) is 121 Å². The average molecular weight is 939 g/mol. The quantitative estimate of drug-likeness (QED) is 0.160. The van der Waals surface area contributed by atoms with Gasteiger partial charge in [0, 0.05) is 33.4 Å². The lowest BCUT2D eigenvalue weighted by molar-refractivity contribution is -0.00526. The molecule has 0 saturated heterocycles. The molecule has 8 saturated carbocycles. The van der Waals surface area contributed by atoms with E-state index in [1.807, 2.05) is 0 Å². The van der Waals surface area contributed by atoms with Crippen molar-refractivity contribution in [2.45, 2.75) is 100 Å². The minimum absolute atomic E-state index is 0.00856. The molecule has 352 valence electrons. The Bertz CT molecular complexity index is 3880. The summed E-state index contributed by atoms with van der Waals surface area (Å²) in [6, 6.07) is 63.8. The molecule has 0 radical (unpaired) electrons. The first-order chi connectivity index (χ1) is 35.9. The Balaban J connectivity index is 0.955. The monoisotopic (exact) mass is 938 g/mol. The first kappa shape index (κ1) is 39.9. The lowest BCUT2D eigenvalue weighted by atomic mass is 9.41. The Labute approximate surface area is 429 Å². The van der Waals surface area contributed by atoms with Crippen molar-refractivity contribution < 1.29 is 0 Å². The Kier molecular flexibility index (Phi) is 7.32. The number of benzene rings is 8. The molecule has 0 N–H and O–H groups in total. The van der Waals surface area contributed by atoms with E-state index >= 15 is 0 Å². The predicted octanol–water partition coefficient (Wildman–Crippen LogP) is 15.6. The van der Waals surface area contributed by atoms with Crippen LogP contribution in [0.4, 0.5) is 11.4 Å². The van der Waals surface area contributed by atoms with Crippen molar-refractivity contribution in [3.05, 3.63) is 197 Å². The first-order valence-electron chi connectivity index (χ1n) is 28.5. The van der Waals surface area contributed by atoms with Gasteiger partial charge in [-0.05, 0) is 244 Å². The zero-order valence-electron chi connectivity index (χ0n) is 41.9. The van der Waals surface area contributed by atoms with Crippen LogP contribution in [0.15, 0.2) is 158 Å². The van der Waals surface area contributed by atoms with Gasteiger partial charge in [-0.25, -0.2) is 0 Å². The Morgan fingerprint density at radius 2 is 0.986 bits per heavy atom. The summed E-state index contributed by atoms with van der Waals surface area (Å²) in [4.78, 5) is 2.90. The normalized spacial score (nSPS) is 28.9. The second kappa shape index (κ2) is 13.4. The highest BCUT2D eigenvalue weighted by molar-refractivity contribution is 6.93. The van der Waals surface area contributed by atoms with Gasteiger partial charge in [0.15, 0.2) is 0 Å². The van der Waals surface area contributed by atoms with Crippen LogP contribution in [0.1, 0.15) is 116 Å². The third-order valence-corrected chi connectivity index (χ3v) is 22.4. The van der Waals surface area contributed by atoms with Gasteiger partial charge in [0.05, 0.1) is 16.4 Å². The van der Waals surface area contributed by atoms with Gasteiger partial charge in [0.1, 0.15) is 0 Å². The van der Waals surface area contributed by atoms with Gasteiger partial charge in [0.25, 0.3) is 0 Å². The molecular weight excluding hydrogens is 880 g/mol. The van der Waals surface area contributed by atoms with Crippen molar-refractivity contribution in [3.63, 3.8) is 0 Å². The fourth-order valence-corrected chi connectivity index (χ4v) is 20.7. The maximum absolute atomic E-state index is 2.90. The van der Waals surface area contributed by atoms with Crippen LogP contribution < -0.4 is 15.7 Å². The molecule has 8 aromatic carbocycles. The lowest BCUT2D eigenvalue weighted by Gasteiger charge is -2.57. The summed E-state index contributed by atoms with van der Waals surface area (Å²) in [5, 5.41) is 3.01. The first-order valence-corrected chi connectivity index (χ1v) is 28.5. The van der Waals surface area contributed by atoms with E-state index in [-0.39, 0.29) is 12.3 Å². The standard InChI is InChI=1S/C70H59BN2/c1-40-11-2-3-12-50(40)47-29-55-53-15-10-19-60-66(53)73(63-20-9-8-18-59(63)70(60)57-16-6-4-13-51(57)52-14-5-7-17-58(52)70)71-61-33-49(69-37-44-26-45(38-69)28-46(27-44)39-69)32-56-54-31-48(68-34-41-23-42(35-68)25-43(24-41)36-68)21-22-62(54)72(67(56)61)64(30-47)65(55)71/h2-22,29-33,41-46H,23-28,34-39H2,1H3. The smallest absolute Gasteiger partial charge is 0.333 e. The Morgan fingerprint density at radius 1 is 0.438 bits per heavy atom. The van der Waals surface area contributed by atoms with Gasteiger partial charge >= 0.3 is 6.85 Å². The SMILES string of the molecule is Cc1ccccc1-c1cc2c3c(c1)-n1c4ccc(C56CC7CC(CC(C7)C5)C6)cc4c4cc(C56CC7CC(CC(C7)C5)C6)cc(c41)B3N1c3ccccc3C3(c4ccccc4-c4ccccc43)c3cccc-2c31. The number of anilines is 2. The van der Waals surface area contributed by atoms with Gasteiger partial charge in [-0.3, -0.25) is 0 Å². The number of fused-ring (bicyclic) bond motifs is 16. The van der Waals surface area contributed by atoms with Crippen molar-refractivity contribution in [1.82, 2.24) is 4.57 Å². The van der Waals surface area contributed by atoms with Crippen LogP contribution in [0, 0.1) is 42.4 Å². The summed E-state index contributed by atoms with van der Waals surface area (Å²) < 4.78 is 2.81. The molecule has 3 heteroatoms. The van der Waals surface area contributed by atoms with E-state index in [1.54, 1.807) is 11.1 Å². The number of nitrogens with zero attached hydrogens (tertiary/aromatic N) is 2. The summed E-state index contributed by atoms with van der Waals surface area (Å²) in [5.74, 6) is 5.37. The van der Waals surface area contributed by atoms with E-state index < -0.39 is 5.41 Å². The third-order valence-electron chi connectivity index (χ3n) is 22.4. The predicted molar refractivity (Wildman–Crippen MR) is 301 cm³/mol. The summed E-state index contributed by atoms with van der Waals surface area (Å²) in [7, 11) is 0. The number of aromatic nitrogens is 1. The van der Waals surface area contributed by atoms with Crippen molar-refractivity contribution in [2.75, 3.05) is 4.81 Å². The van der Waals surface area contributed by atoms with Crippen molar-refractivity contribution in [3.8, 4) is 39.1 Å². The van der Waals surface area contributed by atoms with Crippen LogP contribution in [0.25, 0.3) is 60.9 Å². The minimum atomic E-state index is -0.465.